The first-order valence-corrected chi connectivity index (χ1v) is 5.74. The fourth-order valence-electron chi connectivity index (χ4n) is 1.38. The Labute approximate surface area is 103 Å². The lowest BCUT2D eigenvalue weighted by atomic mass is 10.2. The first kappa shape index (κ1) is 13.7. The van der Waals surface area contributed by atoms with Crippen LogP contribution >= 0.6 is 0 Å². The first-order valence-electron chi connectivity index (χ1n) is 5.74. The quantitative estimate of drug-likeness (QED) is 0.715. The van der Waals surface area contributed by atoms with Crippen molar-refractivity contribution in [3.05, 3.63) is 35.9 Å². The maximum absolute atomic E-state index is 11.4. The zero-order chi connectivity index (χ0) is 12.5. The highest BCUT2D eigenvalue weighted by Crippen LogP contribution is 2.00. The van der Waals surface area contributed by atoms with Gasteiger partial charge in [0.1, 0.15) is 0 Å². The second-order valence-electron chi connectivity index (χ2n) is 3.88. The Morgan fingerprint density at radius 3 is 2.71 bits per heavy atom. The molecule has 94 valence electrons. The van der Waals surface area contributed by atoms with Crippen LogP contribution in [-0.2, 0) is 16.1 Å². The minimum absolute atomic E-state index is 0.0795. The van der Waals surface area contributed by atoms with Gasteiger partial charge in [-0.15, -0.1) is 0 Å². The van der Waals surface area contributed by atoms with Crippen LogP contribution in [0.3, 0.4) is 0 Å². The zero-order valence-corrected chi connectivity index (χ0v) is 10.5. The fraction of sp³-hybridized carbons (Fsp3) is 0.462. The molecule has 17 heavy (non-hydrogen) atoms. The highest BCUT2D eigenvalue weighted by Gasteiger charge is 2.06. The van der Waals surface area contributed by atoms with Gasteiger partial charge < -0.3 is 15.0 Å². The van der Waals surface area contributed by atoms with Crippen molar-refractivity contribution in [1.29, 1.82) is 0 Å². The van der Waals surface area contributed by atoms with E-state index in [1.54, 1.807) is 19.0 Å². The molecule has 0 spiro atoms. The Bertz CT molecular complexity index is 327. The van der Waals surface area contributed by atoms with Crippen molar-refractivity contribution in [2.75, 3.05) is 33.8 Å². The summed E-state index contributed by atoms with van der Waals surface area (Å²) < 4.78 is 5.50. The molecule has 0 aliphatic heterocycles. The summed E-state index contributed by atoms with van der Waals surface area (Å²) in [5, 5.41) is 2.83. The van der Waals surface area contributed by atoms with Crippen molar-refractivity contribution in [2.24, 2.45) is 0 Å². The van der Waals surface area contributed by atoms with E-state index in [1.165, 1.54) is 0 Å². The van der Waals surface area contributed by atoms with Gasteiger partial charge in [0.2, 0.25) is 5.91 Å². The third-order valence-corrected chi connectivity index (χ3v) is 2.44. The molecule has 1 amide bonds. The second-order valence-corrected chi connectivity index (χ2v) is 3.88. The van der Waals surface area contributed by atoms with Gasteiger partial charge in [0.05, 0.1) is 19.8 Å². The van der Waals surface area contributed by atoms with E-state index in [2.05, 4.69) is 5.32 Å². The van der Waals surface area contributed by atoms with Crippen molar-refractivity contribution >= 4 is 5.91 Å². The molecule has 1 N–H and O–H groups in total. The molecule has 4 nitrogen and oxygen atoms in total. The van der Waals surface area contributed by atoms with Crippen molar-refractivity contribution in [2.45, 2.75) is 6.61 Å². The molecule has 4 heteroatoms. The van der Waals surface area contributed by atoms with E-state index in [4.69, 9.17) is 4.74 Å². The van der Waals surface area contributed by atoms with E-state index >= 15 is 0 Å². The number of rotatable bonds is 7. The number of amides is 1. The minimum Gasteiger partial charge on any atom is -0.375 e. The van der Waals surface area contributed by atoms with Crippen LogP contribution in [0.2, 0.25) is 0 Å². The molecule has 0 heterocycles. The van der Waals surface area contributed by atoms with E-state index in [0.717, 1.165) is 5.56 Å². The number of carbonyl (C=O) groups excluding carboxylic acids is 1. The molecule has 0 saturated carbocycles. The summed E-state index contributed by atoms with van der Waals surface area (Å²) in [7, 11) is 3.54. The van der Waals surface area contributed by atoms with Gasteiger partial charge in [-0.3, -0.25) is 4.79 Å². The standard InChI is InChI=1S/C13H20N2O2/c1-14-10-13(16)15(2)8-9-17-11-12-6-4-3-5-7-12/h3-7,14H,8-11H2,1-2H3. The first-order chi connectivity index (χ1) is 8.24. The number of likely N-dealkylation sites (N-methyl/N-ethyl adjacent to an activating group) is 2. The largest absolute Gasteiger partial charge is 0.375 e. The number of hydrogen-bond acceptors (Lipinski definition) is 3. The summed E-state index contributed by atoms with van der Waals surface area (Å²) in [5.74, 6) is 0.0795. The summed E-state index contributed by atoms with van der Waals surface area (Å²) in [6, 6.07) is 10.0. The summed E-state index contributed by atoms with van der Waals surface area (Å²) in [6.45, 7) is 2.14. The zero-order valence-electron chi connectivity index (χ0n) is 10.5. The van der Waals surface area contributed by atoms with Crippen molar-refractivity contribution in [1.82, 2.24) is 10.2 Å². The molecule has 1 aromatic carbocycles. The van der Waals surface area contributed by atoms with E-state index in [0.29, 0.717) is 26.3 Å². The summed E-state index contributed by atoms with van der Waals surface area (Å²) in [6.07, 6.45) is 0. The average molecular weight is 236 g/mol. The van der Waals surface area contributed by atoms with Crippen molar-refractivity contribution in [3.63, 3.8) is 0 Å². The third-order valence-electron chi connectivity index (χ3n) is 2.44. The van der Waals surface area contributed by atoms with Gasteiger partial charge in [0, 0.05) is 13.6 Å². The molecule has 0 bridgehead atoms. The Hall–Kier alpha value is -1.39. The van der Waals surface area contributed by atoms with Crippen LogP contribution in [0.25, 0.3) is 0 Å². The fourth-order valence-corrected chi connectivity index (χ4v) is 1.38. The molecular weight excluding hydrogens is 216 g/mol. The van der Waals surface area contributed by atoms with Gasteiger partial charge in [-0.2, -0.15) is 0 Å². The van der Waals surface area contributed by atoms with Crippen LogP contribution < -0.4 is 5.32 Å². The van der Waals surface area contributed by atoms with E-state index in [1.807, 2.05) is 30.3 Å². The normalized spacial score (nSPS) is 10.2. The third kappa shape index (κ3) is 5.47. The van der Waals surface area contributed by atoms with Gasteiger partial charge in [0.15, 0.2) is 0 Å². The number of carbonyl (C=O) groups is 1. The molecule has 0 aromatic heterocycles. The molecular formula is C13H20N2O2. The molecule has 0 radical (unpaired) electrons. The van der Waals surface area contributed by atoms with E-state index in [9.17, 15) is 4.79 Å². The smallest absolute Gasteiger partial charge is 0.236 e. The highest BCUT2D eigenvalue weighted by atomic mass is 16.5. The number of nitrogens with one attached hydrogen (secondary N) is 1. The number of nitrogens with zero attached hydrogens (tertiary/aromatic N) is 1. The molecule has 1 rings (SSSR count). The maximum atomic E-state index is 11.4. The van der Waals surface area contributed by atoms with Gasteiger partial charge in [0.25, 0.3) is 0 Å². The average Bonchev–Trinajstić information content (AvgIpc) is 2.36. The van der Waals surface area contributed by atoms with Crippen molar-refractivity contribution in [3.8, 4) is 0 Å². The Morgan fingerprint density at radius 2 is 2.06 bits per heavy atom. The van der Waals surface area contributed by atoms with Crippen LogP contribution in [0, 0.1) is 0 Å². The van der Waals surface area contributed by atoms with E-state index in [-0.39, 0.29) is 5.91 Å². The topological polar surface area (TPSA) is 41.6 Å². The second kappa shape index (κ2) is 7.81. The molecule has 0 saturated heterocycles. The Kier molecular flexibility index (Phi) is 6.29. The lowest BCUT2D eigenvalue weighted by Gasteiger charge is -2.16. The van der Waals surface area contributed by atoms with Gasteiger partial charge in [-0.1, -0.05) is 30.3 Å². The monoisotopic (exact) mass is 236 g/mol. The number of benzene rings is 1. The summed E-state index contributed by atoms with van der Waals surface area (Å²) >= 11 is 0. The molecule has 0 atom stereocenters. The molecule has 1 aromatic rings. The van der Waals surface area contributed by atoms with Crippen LogP contribution in [0.15, 0.2) is 30.3 Å². The van der Waals surface area contributed by atoms with Crippen LogP contribution in [0.4, 0.5) is 0 Å². The number of ether oxygens (including phenoxy) is 1. The van der Waals surface area contributed by atoms with Crippen LogP contribution in [0.1, 0.15) is 5.56 Å². The summed E-state index contributed by atoms with van der Waals surface area (Å²) in [4.78, 5) is 13.1. The van der Waals surface area contributed by atoms with Crippen molar-refractivity contribution < 1.29 is 9.53 Å². The lowest BCUT2D eigenvalue weighted by Crippen LogP contribution is -2.36. The lowest BCUT2D eigenvalue weighted by molar-refractivity contribution is -0.129. The molecule has 0 aliphatic carbocycles. The van der Waals surface area contributed by atoms with Crippen LogP contribution in [0.5, 0.6) is 0 Å². The summed E-state index contributed by atoms with van der Waals surface area (Å²) in [5.41, 5.74) is 1.15. The van der Waals surface area contributed by atoms with Gasteiger partial charge in [-0.25, -0.2) is 0 Å². The Balaban J connectivity index is 2.14. The van der Waals surface area contributed by atoms with Gasteiger partial charge >= 0.3 is 0 Å². The molecule has 0 fully saturated rings. The SMILES string of the molecule is CNCC(=O)N(C)CCOCc1ccccc1. The van der Waals surface area contributed by atoms with Gasteiger partial charge in [-0.05, 0) is 12.6 Å². The van der Waals surface area contributed by atoms with E-state index < -0.39 is 0 Å². The Morgan fingerprint density at radius 1 is 1.35 bits per heavy atom. The van der Waals surface area contributed by atoms with Crippen LogP contribution in [-0.4, -0.2) is 44.6 Å². The predicted molar refractivity (Wildman–Crippen MR) is 67.7 cm³/mol. The predicted octanol–water partition coefficient (Wildman–Crippen LogP) is 0.881. The number of hydrogen-bond donors (Lipinski definition) is 1. The minimum atomic E-state index is 0.0795. The highest BCUT2D eigenvalue weighted by molar-refractivity contribution is 5.77. The molecule has 0 aliphatic rings. The maximum Gasteiger partial charge on any atom is 0.236 e. The molecule has 0 unspecified atom stereocenters.